The molecule has 0 saturated carbocycles. The molecule has 8 heteroatoms. The number of ether oxygens (including phenoxy) is 1. The molecule has 0 aliphatic carbocycles. The van der Waals surface area contributed by atoms with Gasteiger partial charge in [0.2, 0.25) is 0 Å². The Morgan fingerprint density at radius 3 is 2.71 bits per heavy atom. The third-order valence-electron chi connectivity index (χ3n) is 6.96. The Morgan fingerprint density at radius 2 is 1.91 bits per heavy atom. The minimum absolute atomic E-state index is 0.143. The molecule has 1 fully saturated rings. The molecule has 0 amide bonds. The van der Waals surface area contributed by atoms with E-state index < -0.39 is 5.60 Å². The van der Waals surface area contributed by atoms with Crippen LogP contribution in [0.2, 0.25) is 0 Å². The second kappa shape index (κ2) is 8.39. The first-order valence-corrected chi connectivity index (χ1v) is 12.0. The van der Waals surface area contributed by atoms with Gasteiger partial charge in [-0.1, -0.05) is 0 Å². The maximum atomic E-state index is 10.2. The number of anilines is 1. The lowest BCUT2D eigenvalue weighted by atomic mass is 9.94. The van der Waals surface area contributed by atoms with Crippen LogP contribution in [0.15, 0.2) is 61.1 Å². The van der Waals surface area contributed by atoms with E-state index in [1.165, 1.54) is 0 Å². The quantitative estimate of drug-likeness (QED) is 0.336. The average Bonchev–Trinajstić information content (AvgIpc) is 3.51. The van der Waals surface area contributed by atoms with Crippen molar-refractivity contribution in [1.82, 2.24) is 25.1 Å². The molecule has 1 aliphatic rings. The Labute approximate surface area is 203 Å². The first-order chi connectivity index (χ1) is 17.0. The summed E-state index contributed by atoms with van der Waals surface area (Å²) in [4.78, 5) is 14.4. The van der Waals surface area contributed by atoms with E-state index in [2.05, 4.69) is 31.1 Å². The molecule has 1 aliphatic heterocycles. The van der Waals surface area contributed by atoms with E-state index in [1.54, 1.807) is 6.20 Å². The number of nitrogens with one attached hydrogen (secondary N) is 2. The van der Waals surface area contributed by atoms with Crippen molar-refractivity contribution in [1.29, 1.82) is 0 Å². The van der Waals surface area contributed by atoms with Crippen LogP contribution in [0.3, 0.4) is 0 Å². The summed E-state index contributed by atoms with van der Waals surface area (Å²) in [7, 11) is 0. The summed E-state index contributed by atoms with van der Waals surface area (Å²) in [5.74, 6) is 1.70. The number of aliphatic hydroxyl groups is 1. The fourth-order valence-corrected chi connectivity index (χ4v) is 4.82. The number of H-pyrrole nitrogens is 2. The van der Waals surface area contributed by atoms with Crippen molar-refractivity contribution in [3.63, 3.8) is 0 Å². The molecule has 35 heavy (non-hydrogen) atoms. The summed E-state index contributed by atoms with van der Waals surface area (Å²) >= 11 is 0. The van der Waals surface area contributed by atoms with Gasteiger partial charge in [0, 0.05) is 53.6 Å². The minimum atomic E-state index is -0.577. The van der Waals surface area contributed by atoms with Gasteiger partial charge in [-0.05, 0) is 69.2 Å². The minimum Gasteiger partial charge on any atom is -0.486 e. The summed E-state index contributed by atoms with van der Waals surface area (Å²) in [6, 6.07) is 14.1. The second-order valence-corrected chi connectivity index (χ2v) is 9.57. The van der Waals surface area contributed by atoms with E-state index >= 15 is 0 Å². The topological polar surface area (TPSA) is 103 Å². The monoisotopic (exact) mass is 468 g/mol. The average molecular weight is 469 g/mol. The van der Waals surface area contributed by atoms with E-state index in [1.807, 2.05) is 62.6 Å². The zero-order chi connectivity index (χ0) is 24.0. The summed E-state index contributed by atoms with van der Waals surface area (Å²) < 4.78 is 6.34. The van der Waals surface area contributed by atoms with Crippen LogP contribution in [0, 0.1) is 0 Å². The van der Waals surface area contributed by atoms with Crippen molar-refractivity contribution in [2.45, 2.75) is 38.4 Å². The maximum Gasteiger partial charge on any atom is 0.137 e. The van der Waals surface area contributed by atoms with Gasteiger partial charge in [-0.3, -0.25) is 5.10 Å². The molecule has 1 aromatic carbocycles. The summed E-state index contributed by atoms with van der Waals surface area (Å²) in [5, 5.41) is 19.9. The number of pyridine rings is 2. The Kier molecular flexibility index (Phi) is 5.18. The highest BCUT2D eigenvalue weighted by molar-refractivity contribution is 5.93. The molecule has 0 unspecified atom stereocenters. The van der Waals surface area contributed by atoms with Gasteiger partial charge in [-0.15, -0.1) is 0 Å². The SMILES string of the molecule is C[C@@H](Oc1ccc2[nH]nc(-c3ccc(N4CCC(C)(O)CC4)nc3)c2c1)c1ccnc2[nH]ccc12. The molecule has 5 heterocycles. The highest BCUT2D eigenvalue weighted by atomic mass is 16.5. The first-order valence-electron chi connectivity index (χ1n) is 12.0. The van der Waals surface area contributed by atoms with Crippen molar-refractivity contribution in [2.75, 3.05) is 18.0 Å². The number of piperidine rings is 1. The molecule has 178 valence electrons. The van der Waals surface area contributed by atoms with Crippen LogP contribution >= 0.6 is 0 Å². The highest BCUT2D eigenvalue weighted by Crippen LogP contribution is 2.33. The van der Waals surface area contributed by atoms with Crippen LogP contribution in [0.25, 0.3) is 33.2 Å². The lowest BCUT2D eigenvalue weighted by molar-refractivity contribution is 0.0350. The second-order valence-electron chi connectivity index (χ2n) is 9.57. The normalized spacial score (nSPS) is 16.6. The number of nitrogens with zero attached hydrogens (tertiary/aromatic N) is 4. The summed E-state index contributed by atoms with van der Waals surface area (Å²) in [5.41, 5.74) is 4.10. The number of aromatic amines is 2. The van der Waals surface area contributed by atoms with Gasteiger partial charge < -0.3 is 19.7 Å². The van der Waals surface area contributed by atoms with Crippen molar-refractivity contribution >= 4 is 27.8 Å². The lowest BCUT2D eigenvalue weighted by Crippen LogP contribution is -2.42. The van der Waals surface area contributed by atoms with Crippen LogP contribution < -0.4 is 9.64 Å². The number of hydrogen-bond acceptors (Lipinski definition) is 6. The van der Waals surface area contributed by atoms with E-state index in [0.717, 1.165) is 76.3 Å². The third kappa shape index (κ3) is 4.10. The first kappa shape index (κ1) is 21.6. The molecule has 8 nitrogen and oxygen atoms in total. The van der Waals surface area contributed by atoms with Gasteiger partial charge >= 0.3 is 0 Å². The fourth-order valence-electron chi connectivity index (χ4n) is 4.82. The van der Waals surface area contributed by atoms with Crippen molar-refractivity contribution in [2.24, 2.45) is 0 Å². The molecule has 5 aromatic rings. The fraction of sp³-hybridized carbons (Fsp3) is 0.296. The van der Waals surface area contributed by atoms with Crippen molar-refractivity contribution < 1.29 is 9.84 Å². The van der Waals surface area contributed by atoms with E-state index in [9.17, 15) is 5.11 Å². The molecule has 0 bridgehead atoms. The lowest BCUT2D eigenvalue weighted by Gasteiger charge is -2.36. The standard InChI is InChI=1S/C27H28N6O2/c1-17(20-7-11-28-26-21(20)8-12-29-26)35-19-4-5-23-22(15-19)25(32-31-23)18-3-6-24(30-16-18)33-13-9-27(2,34)10-14-33/h3-8,11-12,15-17,34H,9-10,13-14H2,1-2H3,(H,28,29)(H,31,32)/t17-/m1/s1. The van der Waals surface area contributed by atoms with Crippen LogP contribution in [-0.2, 0) is 0 Å². The summed E-state index contributed by atoms with van der Waals surface area (Å²) in [6.07, 6.45) is 6.91. The molecule has 4 aromatic heterocycles. The number of benzene rings is 1. The number of aromatic nitrogens is 5. The zero-order valence-corrected chi connectivity index (χ0v) is 19.8. The molecule has 0 spiro atoms. The highest BCUT2D eigenvalue weighted by Gasteiger charge is 2.27. The van der Waals surface area contributed by atoms with Gasteiger partial charge in [0.25, 0.3) is 0 Å². The van der Waals surface area contributed by atoms with Crippen molar-refractivity contribution in [3.05, 3.63) is 66.6 Å². The van der Waals surface area contributed by atoms with Crippen LogP contribution in [0.1, 0.15) is 38.4 Å². The molecule has 0 radical (unpaired) electrons. The number of rotatable bonds is 5. The number of fused-ring (bicyclic) bond motifs is 2. The Bertz CT molecular complexity index is 1480. The molecule has 3 N–H and O–H groups in total. The molecular weight excluding hydrogens is 440 g/mol. The number of hydrogen-bond donors (Lipinski definition) is 3. The predicted molar refractivity (Wildman–Crippen MR) is 137 cm³/mol. The van der Waals surface area contributed by atoms with Gasteiger partial charge in [0.15, 0.2) is 0 Å². The smallest absolute Gasteiger partial charge is 0.137 e. The Morgan fingerprint density at radius 1 is 1.06 bits per heavy atom. The Balaban J connectivity index is 1.24. The van der Waals surface area contributed by atoms with Gasteiger partial charge in [0.1, 0.15) is 29.0 Å². The van der Waals surface area contributed by atoms with Crippen LogP contribution in [0.4, 0.5) is 5.82 Å². The third-order valence-corrected chi connectivity index (χ3v) is 6.96. The van der Waals surface area contributed by atoms with Gasteiger partial charge in [-0.2, -0.15) is 5.10 Å². The molecule has 1 atom stereocenters. The van der Waals surface area contributed by atoms with Gasteiger partial charge in [-0.25, -0.2) is 9.97 Å². The predicted octanol–water partition coefficient (Wildman–Crippen LogP) is 4.99. The zero-order valence-electron chi connectivity index (χ0n) is 19.8. The maximum absolute atomic E-state index is 10.2. The van der Waals surface area contributed by atoms with E-state index in [0.29, 0.717) is 0 Å². The summed E-state index contributed by atoms with van der Waals surface area (Å²) in [6.45, 7) is 5.55. The largest absolute Gasteiger partial charge is 0.486 e. The molecule has 1 saturated heterocycles. The van der Waals surface area contributed by atoms with Gasteiger partial charge in [0.05, 0.1) is 11.1 Å². The van der Waals surface area contributed by atoms with E-state index in [4.69, 9.17) is 9.72 Å². The van der Waals surface area contributed by atoms with E-state index in [-0.39, 0.29) is 6.10 Å². The van der Waals surface area contributed by atoms with Crippen LogP contribution in [-0.4, -0.2) is 48.9 Å². The van der Waals surface area contributed by atoms with Crippen LogP contribution in [0.5, 0.6) is 5.75 Å². The molecule has 6 rings (SSSR count). The Hall–Kier alpha value is -3.91. The molecular formula is C27H28N6O2. The van der Waals surface area contributed by atoms with Crippen molar-refractivity contribution in [3.8, 4) is 17.0 Å².